The fraction of sp³-hybridized carbons (Fsp3) is 0.440. The molecule has 0 bridgehead atoms. The van der Waals surface area contributed by atoms with E-state index in [9.17, 15) is 4.79 Å². The van der Waals surface area contributed by atoms with E-state index in [0.717, 1.165) is 57.1 Å². The molecule has 7 heteroatoms. The Morgan fingerprint density at radius 2 is 1.97 bits per heavy atom. The van der Waals surface area contributed by atoms with Gasteiger partial charge in [0.15, 0.2) is 5.96 Å². The molecule has 0 aliphatic carbocycles. The van der Waals surface area contributed by atoms with E-state index < -0.39 is 0 Å². The van der Waals surface area contributed by atoms with Gasteiger partial charge in [0.25, 0.3) is 0 Å². The normalized spacial score (nSPS) is 18.2. The first kappa shape index (κ1) is 24.4. The second-order valence-corrected chi connectivity index (χ2v) is 8.50. The minimum atomic E-state index is -0.221. The molecule has 32 heavy (non-hydrogen) atoms. The zero-order valence-corrected chi connectivity index (χ0v) is 21.0. The summed E-state index contributed by atoms with van der Waals surface area (Å²) in [6.07, 6.45) is 4.72. The molecule has 0 saturated carbocycles. The molecule has 172 valence electrons. The maximum Gasteiger partial charge on any atom is 0.217 e. The number of fused-ring (bicyclic) bond motifs is 1. The number of aryl methyl sites for hydroxylation is 1. The molecular formula is C25H33IN4O2. The highest BCUT2D eigenvalue weighted by Crippen LogP contribution is 2.30. The predicted molar refractivity (Wildman–Crippen MR) is 139 cm³/mol. The van der Waals surface area contributed by atoms with Crippen LogP contribution < -0.4 is 15.8 Å². The molecule has 2 aromatic carbocycles. The van der Waals surface area contributed by atoms with E-state index in [0.29, 0.717) is 18.9 Å². The summed E-state index contributed by atoms with van der Waals surface area (Å²) in [6.45, 7) is 3.31. The van der Waals surface area contributed by atoms with Crippen molar-refractivity contribution in [3.8, 4) is 16.9 Å². The molecule has 4 rings (SSSR count). The van der Waals surface area contributed by atoms with E-state index in [4.69, 9.17) is 10.5 Å². The highest BCUT2D eigenvalue weighted by Gasteiger charge is 2.23. The molecule has 2 aliphatic heterocycles. The van der Waals surface area contributed by atoms with Crippen LogP contribution in [0.5, 0.6) is 5.75 Å². The largest absolute Gasteiger partial charge is 0.493 e. The van der Waals surface area contributed by atoms with Gasteiger partial charge in [-0.3, -0.25) is 9.79 Å². The number of piperidine rings is 1. The Morgan fingerprint density at radius 3 is 2.72 bits per heavy atom. The van der Waals surface area contributed by atoms with Gasteiger partial charge in [-0.2, -0.15) is 0 Å². The molecule has 1 unspecified atom stereocenters. The molecule has 0 radical (unpaired) electrons. The predicted octanol–water partition coefficient (Wildman–Crippen LogP) is 3.96. The standard InChI is InChI=1S/C25H32N4O2.HI/c1-27-25(29-12-2-4-19(17-29)14-24(26)30)28-16-18-6-8-20(9-7-18)21-10-11-23-22(15-21)5-3-13-31-23;/h6-11,15,19H,2-5,12-14,16-17H2,1H3,(H2,26,30)(H,27,28);1H. The van der Waals surface area contributed by atoms with Crippen molar-refractivity contribution in [2.45, 2.75) is 38.6 Å². The number of nitrogens with zero attached hydrogens (tertiary/aromatic N) is 2. The second-order valence-electron chi connectivity index (χ2n) is 8.50. The first-order valence-corrected chi connectivity index (χ1v) is 11.2. The molecule has 3 N–H and O–H groups in total. The number of hydrogen-bond donors (Lipinski definition) is 2. The number of likely N-dealkylation sites (tertiary alicyclic amines) is 1. The Labute approximate surface area is 207 Å². The lowest BCUT2D eigenvalue weighted by Gasteiger charge is -2.34. The number of aliphatic imine (C=N–C) groups is 1. The van der Waals surface area contributed by atoms with Crippen molar-refractivity contribution in [3.05, 3.63) is 53.6 Å². The van der Waals surface area contributed by atoms with Crippen LogP contribution in [0.2, 0.25) is 0 Å². The van der Waals surface area contributed by atoms with Crippen LogP contribution in [-0.2, 0) is 17.8 Å². The monoisotopic (exact) mass is 548 g/mol. The van der Waals surface area contributed by atoms with Gasteiger partial charge in [-0.05, 0) is 66.0 Å². The molecule has 2 aromatic rings. The summed E-state index contributed by atoms with van der Waals surface area (Å²) < 4.78 is 5.73. The third-order valence-corrected chi connectivity index (χ3v) is 6.17. The fourth-order valence-corrected chi connectivity index (χ4v) is 4.58. The number of benzene rings is 2. The summed E-state index contributed by atoms with van der Waals surface area (Å²) in [4.78, 5) is 18.0. The number of guanidine groups is 1. The van der Waals surface area contributed by atoms with Crippen molar-refractivity contribution in [2.75, 3.05) is 26.7 Å². The van der Waals surface area contributed by atoms with E-state index in [1.54, 1.807) is 0 Å². The van der Waals surface area contributed by atoms with Crippen molar-refractivity contribution in [1.29, 1.82) is 0 Å². The minimum Gasteiger partial charge on any atom is -0.493 e. The summed E-state index contributed by atoms with van der Waals surface area (Å²) in [5.74, 6) is 2.00. The van der Waals surface area contributed by atoms with Gasteiger partial charge in [0.1, 0.15) is 5.75 Å². The highest BCUT2D eigenvalue weighted by atomic mass is 127. The van der Waals surface area contributed by atoms with E-state index in [1.807, 2.05) is 7.05 Å². The van der Waals surface area contributed by atoms with E-state index in [-0.39, 0.29) is 29.9 Å². The van der Waals surface area contributed by atoms with Gasteiger partial charge in [0.2, 0.25) is 5.91 Å². The zero-order valence-electron chi connectivity index (χ0n) is 18.7. The number of hydrogen-bond acceptors (Lipinski definition) is 3. The Morgan fingerprint density at radius 1 is 1.19 bits per heavy atom. The number of carbonyl (C=O) groups is 1. The molecular weight excluding hydrogens is 515 g/mol. The topological polar surface area (TPSA) is 80.0 Å². The fourth-order valence-electron chi connectivity index (χ4n) is 4.58. The van der Waals surface area contributed by atoms with Gasteiger partial charge in [0.05, 0.1) is 6.61 Å². The van der Waals surface area contributed by atoms with E-state index in [2.05, 4.69) is 57.7 Å². The van der Waals surface area contributed by atoms with Crippen LogP contribution in [0.15, 0.2) is 47.5 Å². The van der Waals surface area contributed by atoms with Crippen molar-refractivity contribution in [2.24, 2.45) is 16.6 Å². The lowest BCUT2D eigenvalue weighted by atomic mass is 9.95. The third-order valence-electron chi connectivity index (χ3n) is 6.17. The summed E-state index contributed by atoms with van der Waals surface area (Å²) in [6, 6.07) is 15.2. The number of rotatable bonds is 5. The number of amides is 1. The molecule has 0 spiro atoms. The maximum atomic E-state index is 11.3. The second kappa shape index (κ2) is 11.5. The summed E-state index contributed by atoms with van der Waals surface area (Å²) in [7, 11) is 1.81. The van der Waals surface area contributed by atoms with Gasteiger partial charge >= 0.3 is 0 Å². The van der Waals surface area contributed by atoms with Crippen LogP contribution in [0.3, 0.4) is 0 Å². The van der Waals surface area contributed by atoms with Crippen LogP contribution in [-0.4, -0.2) is 43.5 Å². The molecule has 1 atom stereocenters. The maximum absolute atomic E-state index is 11.3. The van der Waals surface area contributed by atoms with Crippen LogP contribution in [0.1, 0.15) is 36.8 Å². The SMILES string of the molecule is CN=C(NCc1ccc(-c2ccc3c(c2)CCCO3)cc1)N1CCCC(CC(N)=O)C1.I. The van der Waals surface area contributed by atoms with Gasteiger partial charge in [-0.15, -0.1) is 24.0 Å². The average molecular weight is 548 g/mol. The van der Waals surface area contributed by atoms with Crippen LogP contribution in [0.4, 0.5) is 0 Å². The van der Waals surface area contributed by atoms with E-state index >= 15 is 0 Å². The van der Waals surface area contributed by atoms with Crippen LogP contribution >= 0.6 is 24.0 Å². The highest BCUT2D eigenvalue weighted by molar-refractivity contribution is 14.0. The van der Waals surface area contributed by atoms with Gasteiger partial charge < -0.3 is 20.7 Å². The number of halogens is 1. The number of nitrogens with two attached hydrogens (primary N) is 1. The molecule has 6 nitrogen and oxygen atoms in total. The third kappa shape index (κ3) is 6.15. The molecule has 2 aliphatic rings. The summed E-state index contributed by atoms with van der Waals surface area (Å²) in [5, 5.41) is 3.47. The van der Waals surface area contributed by atoms with Crippen molar-refractivity contribution in [3.63, 3.8) is 0 Å². The van der Waals surface area contributed by atoms with Crippen molar-refractivity contribution >= 4 is 35.8 Å². The van der Waals surface area contributed by atoms with Crippen molar-refractivity contribution in [1.82, 2.24) is 10.2 Å². The quantitative estimate of drug-likeness (QED) is 0.337. The molecule has 0 aromatic heterocycles. The minimum absolute atomic E-state index is 0. The number of primary amides is 1. The lowest BCUT2D eigenvalue weighted by Crippen LogP contribution is -2.46. The van der Waals surface area contributed by atoms with Gasteiger partial charge in [-0.1, -0.05) is 30.3 Å². The lowest BCUT2D eigenvalue weighted by molar-refractivity contribution is -0.119. The summed E-state index contributed by atoms with van der Waals surface area (Å²) >= 11 is 0. The van der Waals surface area contributed by atoms with Gasteiger partial charge in [-0.25, -0.2) is 0 Å². The Kier molecular flexibility index (Phi) is 8.78. The Hall–Kier alpha value is -2.29. The number of carbonyl (C=O) groups excluding carboxylic acids is 1. The Bertz CT molecular complexity index is 945. The Balaban J connectivity index is 0.00000289. The first-order valence-electron chi connectivity index (χ1n) is 11.2. The van der Waals surface area contributed by atoms with Gasteiger partial charge in [0, 0.05) is 33.1 Å². The number of nitrogens with one attached hydrogen (secondary N) is 1. The molecule has 1 saturated heterocycles. The van der Waals surface area contributed by atoms with Crippen LogP contribution in [0.25, 0.3) is 11.1 Å². The van der Waals surface area contributed by atoms with Crippen molar-refractivity contribution < 1.29 is 9.53 Å². The molecule has 1 amide bonds. The molecule has 1 fully saturated rings. The first-order chi connectivity index (χ1) is 15.1. The van der Waals surface area contributed by atoms with Crippen LogP contribution in [0, 0.1) is 5.92 Å². The smallest absolute Gasteiger partial charge is 0.217 e. The average Bonchev–Trinajstić information content (AvgIpc) is 2.79. The summed E-state index contributed by atoms with van der Waals surface area (Å²) in [5.41, 5.74) is 10.3. The van der Waals surface area contributed by atoms with E-state index in [1.165, 1.54) is 22.3 Å². The number of ether oxygens (including phenoxy) is 1. The zero-order chi connectivity index (χ0) is 21.6. The molecule has 2 heterocycles.